The predicted molar refractivity (Wildman–Crippen MR) is 78.6 cm³/mol. The molecule has 1 heterocycles. The molecule has 0 spiro atoms. The van der Waals surface area contributed by atoms with Crippen LogP contribution in [0.15, 0.2) is 11.2 Å². The average molecular weight is 266 g/mol. The van der Waals surface area contributed by atoms with Crippen molar-refractivity contribution >= 4 is 23.4 Å². The Morgan fingerprint density at radius 3 is 2.78 bits per heavy atom. The minimum Gasteiger partial charge on any atom is -0.370 e. The van der Waals surface area contributed by atoms with Gasteiger partial charge in [0.25, 0.3) is 0 Å². The van der Waals surface area contributed by atoms with Crippen LogP contribution in [-0.4, -0.2) is 35.9 Å². The third kappa shape index (κ3) is 3.07. The molecule has 0 amide bonds. The summed E-state index contributed by atoms with van der Waals surface area (Å²) in [4.78, 5) is 11.4. The van der Waals surface area contributed by atoms with E-state index in [2.05, 4.69) is 40.2 Å². The monoisotopic (exact) mass is 266 g/mol. The molecule has 100 valence electrons. The van der Waals surface area contributed by atoms with Crippen LogP contribution in [0.25, 0.3) is 0 Å². The summed E-state index contributed by atoms with van der Waals surface area (Å²) >= 11 is 1.60. The lowest BCUT2D eigenvalue weighted by Gasteiger charge is -2.35. The number of thioether (sulfide) groups is 1. The molecular weight excluding hydrogens is 244 g/mol. The van der Waals surface area contributed by atoms with E-state index in [9.17, 15) is 0 Å². The molecule has 0 radical (unpaired) electrons. The van der Waals surface area contributed by atoms with Gasteiger partial charge < -0.3 is 10.2 Å². The summed E-state index contributed by atoms with van der Waals surface area (Å²) in [6.07, 6.45) is 7.04. The first-order chi connectivity index (χ1) is 8.74. The van der Waals surface area contributed by atoms with E-state index in [-0.39, 0.29) is 0 Å². The molecule has 18 heavy (non-hydrogen) atoms. The van der Waals surface area contributed by atoms with Crippen LogP contribution in [0.1, 0.15) is 32.6 Å². The maximum Gasteiger partial charge on any atom is 0.191 e. The zero-order valence-corrected chi connectivity index (χ0v) is 12.3. The van der Waals surface area contributed by atoms with E-state index in [1.165, 1.54) is 19.3 Å². The van der Waals surface area contributed by atoms with Gasteiger partial charge in [-0.15, -0.1) is 0 Å². The van der Waals surface area contributed by atoms with Gasteiger partial charge in [0, 0.05) is 25.7 Å². The number of rotatable bonds is 6. The minimum atomic E-state index is 0.661. The van der Waals surface area contributed by atoms with Gasteiger partial charge in [-0.25, -0.2) is 9.97 Å². The molecule has 1 aromatic heterocycles. The van der Waals surface area contributed by atoms with E-state index in [4.69, 9.17) is 0 Å². The average Bonchev–Trinajstić information content (AvgIpc) is 2.33. The zero-order chi connectivity index (χ0) is 13.0. The van der Waals surface area contributed by atoms with Crippen molar-refractivity contribution in [3.63, 3.8) is 0 Å². The Kier molecular flexibility index (Phi) is 4.69. The Bertz CT molecular complexity index is 393. The Hall–Kier alpha value is -0.970. The Balaban J connectivity index is 2.16. The van der Waals surface area contributed by atoms with E-state index in [1.807, 2.05) is 6.26 Å². The quantitative estimate of drug-likeness (QED) is 0.633. The number of anilines is 2. The van der Waals surface area contributed by atoms with Gasteiger partial charge in [-0.2, -0.15) is 0 Å². The molecule has 1 fully saturated rings. The van der Waals surface area contributed by atoms with Crippen LogP contribution in [0.4, 0.5) is 11.6 Å². The summed E-state index contributed by atoms with van der Waals surface area (Å²) in [7, 11) is 2.14. The van der Waals surface area contributed by atoms with Gasteiger partial charge >= 0.3 is 0 Å². The van der Waals surface area contributed by atoms with Crippen molar-refractivity contribution in [3.8, 4) is 0 Å². The lowest BCUT2D eigenvalue weighted by atomic mass is 9.92. The maximum absolute atomic E-state index is 4.60. The second-order valence-corrected chi connectivity index (χ2v) is 5.49. The second-order valence-electron chi connectivity index (χ2n) is 4.72. The van der Waals surface area contributed by atoms with Crippen LogP contribution < -0.4 is 10.2 Å². The number of hydrogen-bond donors (Lipinski definition) is 1. The summed E-state index contributed by atoms with van der Waals surface area (Å²) < 4.78 is 0. The summed E-state index contributed by atoms with van der Waals surface area (Å²) in [5.41, 5.74) is 0. The fourth-order valence-electron chi connectivity index (χ4n) is 1.99. The summed E-state index contributed by atoms with van der Waals surface area (Å²) in [6.45, 7) is 3.11. The lowest BCUT2D eigenvalue weighted by Crippen LogP contribution is -2.37. The van der Waals surface area contributed by atoms with Crippen molar-refractivity contribution < 1.29 is 0 Å². The van der Waals surface area contributed by atoms with Crippen molar-refractivity contribution in [2.45, 2.75) is 43.8 Å². The number of nitrogens with zero attached hydrogens (tertiary/aromatic N) is 3. The largest absolute Gasteiger partial charge is 0.370 e. The van der Waals surface area contributed by atoms with Gasteiger partial charge in [0.15, 0.2) is 5.16 Å². The number of aromatic nitrogens is 2. The molecule has 0 saturated heterocycles. The van der Waals surface area contributed by atoms with Crippen molar-refractivity contribution in [2.24, 2.45) is 0 Å². The minimum absolute atomic E-state index is 0.661. The Labute approximate surface area is 114 Å². The highest BCUT2D eigenvalue weighted by Crippen LogP contribution is 2.29. The van der Waals surface area contributed by atoms with E-state index in [1.54, 1.807) is 11.8 Å². The van der Waals surface area contributed by atoms with Crippen molar-refractivity contribution in [1.82, 2.24) is 9.97 Å². The maximum atomic E-state index is 4.60. The molecule has 1 aliphatic carbocycles. The summed E-state index contributed by atoms with van der Waals surface area (Å²) in [5.74, 6) is 1.98. The SMILES string of the molecule is CCCNc1cc(N(C)C2CCC2)nc(SC)n1. The third-order valence-corrected chi connectivity index (χ3v) is 3.96. The Morgan fingerprint density at radius 1 is 1.44 bits per heavy atom. The normalized spacial score (nSPS) is 15.3. The molecule has 0 unspecified atom stereocenters. The number of hydrogen-bond acceptors (Lipinski definition) is 5. The van der Waals surface area contributed by atoms with E-state index in [0.717, 1.165) is 29.8 Å². The molecule has 1 N–H and O–H groups in total. The molecule has 0 atom stereocenters. The van der Waals surface area contributed by atoms with E-state index in [0.29, 0.717) is 6.04 Å². The highest BCUT2D eigenvalue weighted by molar-refractivity contribution is 7.98. The van der Waals surface area contributed by atoms with Crippen LogP contribution in [0.3, 0.4) is 0 Å². The summed E-state index contributed by atoms with van der Waals surface area (Å²) in [5, 5.41) is 4.19. The van der Waals surface area contributed by atoms with E-state index >= 15 is 0 Å². The van der Waals surface area contributed by atoms with Crippen LogP contribution in [-0.2, 0) is 0 Å². The molecule has 4 nitrogen and oxygen atoms in total. The van der Waals surface area contributed by atoms with Gasteiger partial charge in [-0.1, -0.05) is 18.7 Å². The smallest absolute Gasteiger partial charge is 0.191 e. The van der Waals surface area contributed by atoms with Gasteiger partial charge in [-0.05, 0) is 31.9 Å². The third-order valence-electron chi connectivity index (χ3n) is 3.41. The first-order valence-electron chi connectivity index (χ1n) is 6.64. The Morgan fingerprint density at radius 2 is 2.22 bits per heavy atom. The highest BCUT2D eigenvalue weighted by atomic mass is 32.2. The molecule has 0 aromatic carbocycles. The van der Waals surface area contributed by atoms with Crippen LogP contribution in [0, 0.1) is 0 Å². The molecule has 0 aliphatic heterocycles. The van der Waals surface area contributed by atoms with E-state index < -0.39 is 0 Å². The van der Waals surface area contributed by atoms with Gasteiger partial charge in [0.2, 0.25) is 0 Å². The first-order valence-corrected chi connectivity index (χ1v) is 7.87. The zero-order valence-electron chi connectivity index (χ0n) is 11.4. The first kappa shape index (κ1) is 13.5. The molecule has 1 saturated carbocycles. The molecule has 0 bridgehead atoms. The standard InChI is InChI=1S/C13H22N4S/c1-4-8-14-11-9-12(16-13(15-11)18-3)17(2)10-6-5-7-10/h9-10H,4-8H2,1-3H3,(H,14,15,16). The predicted octanol–water partition coefficient (Wildman–Crippen LogP) is 3.01. The summed E-state index contributed by atoms with van der Waals surface area (Å²) in [6, 6.07) is 2.72. The van der Waals surface area contributed by atoms with Crippen molar-refractivity contribution in [2.75, 3.05) is 30.1 Å². The number of nitrogens with one attached hydrogen (secondary N) is 1. The van der Waals surface area contributed by atoms with Crippen LogP contribution in [0.5, 0.6) is 0 Å². The highest BCUT2D eigenvalue weighted by Gasteiger charge is 2.23. The van der Waals surface area contributed by atoms with Crippen molar-refractivity contribution in [1.29, 1.82) is 0 Å². The van der Waals surface area contributed by atoms with Crippen molar-refractivity contribution in [3.05, 3.63) is 6.07 Å². The van der Waals surface area contributed by atoms with Crippen LogP contribution in [0.2, 0.25) is 0 Å². The molecule has 2 rings (SSSR count). The van der Waals surface area contributed by atoms with Gasteiger partial charge in [0.1, 0.15) is 11.6 Å². The fraction of sp³-hybridized carbons (Fsp3) is 0.692. The molecule has 1 aliphatic rings. The topological polar surface area (TPSA) is 41.0 Å². The fourth-order valence-corrected chi connectivity index (χ4v) is 2.36. The lowest BCUT2D eigenvalue weighted by molar-refractivity contribution is 0.398. The van der Waals surface area contributed by atoms with Gasteiger partial charge in [-0.3, -0.25) is 0 Å². The van der Waals surface area contributed by atoms with Crippen LogP contribution >= 0.6 is 11.8 Å². The van der Waals surface area contributed by atoms with Gasteiger partial charge in [0.05, 0.1) is 0 Å². The molecule has 1 aromatic rings. The molecule has 5 heteroatoms. The molecular formula is C13H22N4S. The second kappa shape index (κ2) is 6.27.